The third-order valence-electron chi connectivity index (χ3n) is 4.87. The lowest BCUT2D eigenvalue weighted by molar-refractivity contribution is 0.181. The molecule has 3 aromatic rings. The monoisotopic (exact) mass is 349 g/mol. The molecule has 1 atom stereocenters. The molecule has 0 radical (unpaired) electrons. The predicted octanol–water partition coefficient (Wildman–Crippen LogP) is 4.79. The Hall–Kier alpha value is -2.75. The van der Waals surface area contributed by atoms with E-state index in [1.807, 2.05) is 36.9 Å². The summed E-state index contributed by atoms with van der Waals surface area (Å²) in [6.07, 6.45) is 0.871. The van der Waals surface area contributed by atoms with E-state index in [1.54, 1.807) is 7.05 Å². The van der Waals surface area contributed by atoms with Gasteiger partial charge in [-0.05, 0) is 36.6 Å². The molecule has 0 bridgehead atoms. The van der Waals surface area contributed by atoms with Crippen LogP contribution in [0.2, 0.25) is 0 Å². The highest BCUT2D eigenvalue weighted by molar-refractivity contribution is 5.87. The number of urea groups is 1. The molecule has 4 nitrogen and oxygen atoms in total. The molecule has 4 rings (SSSR count). The lowest BCUT2D eigenvalue weighted by atomic mass is 9.92. The number of nitrogens with one attached hydrogen (secondary N) is 2. The minimum Gasteiger partial charge on any atom is -0.356 e. The molecule has 0 saturated heterocycles. The summed E-state index contributed by atoms with van der Waals surface area (Å²) in [6.45, 7) is 6.83. The number of rotatable bonds is 1. The number of carbonyl (C=O) groups excluding carboxylic acids is 1. The van der Waals surface area contributed by atoms with E-state index < -0.39 is 0 Å². The van der Waals surface area contributed by atoms with Gasteiger partial charge in [0.25, 0.3) is 0 Å². The summed E-state index contributed by atoms with van der Waals surface area (Å²) in [5.74, 6) is 0. The van der Waals surface area contributed by atoms with Gasteiger partial charge < -0.3 is 15.2 Å². The number of carbonyl (C=O) groups is 1. The second-order valence-corrected chi connectivity index (χ2v) is 6.38. The summed E-state index contributed by atoms with van der Waals surface area (Å²) in [6, 6.07) is 16.6. The van der Waals surface area contributed by atoms with Crippen molar-refractivity contribution >= 4 is 16.9 Å². The minimum absolute atomic E-state index is 0.0376. The van der Waals surface area contributed by atoms with Gasteiger partial charge in [-0.25, -0.2) is 4.79 Å². The highest BCUT2D eigenvalue weighted by Gasteiger charge is 2.34. The van der Waals surface area contributed by atoms with Crippen molar-refractivity contribution in [3.8, 4) is 0 Å². The number of benzene rings is 2. The van der Waals surface area contributed by atoms with Gasteiger partial charge in [-0.15, -0.1) is 0 Å². The molecule has 2 aromatic carbocycles. The lowest BCUT2D eigenvalue weighted by Gasteiger charge is -2.35. The zero-order chi connectivity index (χ0) is 18.7. The van der Waals surface area contributed by atoms with Gasteiger partial charge in [0.05, 0.1) is 6.04 Å². The van der Waals surface area contributed by atoms with Crippen molar-refractivity contribution in [1.29, 1.82) is 0 Å². The number of H-pyrrole nitrogens is 1. The van der Waals surface area contributed by atoms with Crippen LogP contribution >= 0.6 is 0 Å². The summed E-state index contributed by atoms with van der Waals surface area (Å²) in [5.41, 5.74) is 6.00. The molecular formula is C22H27N3O. The fraction of sp³-hybridized carbons (Fsp3) is 0.318. The van der Waals surface area contributed by atoms with E-state index in [9.17, 15) is 4.79 Å². The molecule has 1 aliphatic rings. The van der Waals surface area contributed by atoms with Crippen LogP contribution in [0.15, 0.2) is 48.5 Å². The molecule has 1 aliphatic heterocycles. The van der Waals surface area contributed by atoms with Gasteiger partial charge in [0.15, 0.2) is 0 Å². The number of hydrogen-bond donors (Lipinski definition) is 2. The first-order chi connectivity index (χ1) is 12.7. The normalized spacial score (nSPS) is 15.8. The van der Waals surface area contributed by atoms with E-state index in [2.05, 4.69) is 47.6 Å². The van der Waals surface area contributed by atoms with E-state index in [0.717, 1.165) is 23.2 Å². The second kappa shape index (κ2) is 7.65. The molecule has 1 aromatic heterocycles. The van der Waals surface area contributed by atoms with Crippen LogP contribution in [0.4, 0.5) is 4.79 Å². The molecule has 0 aliphatic carbocycles. The zero-order valence-corrected chi connectivity index (χ0v) is 16.0. The Balaban J connectivity index is 0.000000948. The van der Waals surface area contributed by atoms with Crippen LogP contribution in [-0.4, -0.2) is 29.5 Å². The summed E-state index contributed by atoms with van der Waals surface area (Å²) in [5, 5.41) is 4.06. The van der Waals surface area contributed by atoms with E-state index in [-0.39, 0.29) is 12.1 Å². The van der Waals surface area contributed by atoms with Crippen molar-refractivity contribution in [1.82, 2.24) is 15.2 Å². The number of fused-ring (bicyclic) bond motifs is 3. The SMILES string of the molecule is CC.CNC(=O)N1CCc2c([nH]c3ccc(C)cc23)C1c1ccccc1. The van der Waals surface area contributed by atoms with Gasteiger partial charge in [0.2, 0.25) is 0 Å². The summed E-state index contributed by atoms with van der Waals surface area (Å²) < 4.78 is 0. The quantitative estimate of drug-likeness (QED) is 0.652. The van der Waals surface area contributed by atoms with E-state index in [4.69, 9.17) is 0 Å². The highest BCUT2D eigenvalue weighted by atomic mass is 16.2. The van der Waals surface area contributed by atoms with Crippen LogP contribution < -0.4 is 5.32 Å². The summed E-state index contributed by atoms with van der Waals surface area (Å²) >= 11 is 0. The third-order valence-corrected chi connectivity index (χ3v) is 4.87. The first kappa shape index (κ1) is 18.1. The molecule has 2 N–H and O–H groups in total. The van der Waals surface area contributed by atoms with Gasteiger partial charge in [0, 0.05) is 30.2 Å². The van der Waals surface area contributed by atoms with Gasteiger partial charge in [0.1, 0.15) is 0 Å². The fourth-order valence-electron chi connectivity index (χ4n) is 3.75. The topological polar surface area (TPSA) is 48.1 Å². The Morgan fingerprint density at radius 2 is 1.88 bits per heavy atom. The summed E-state index contributed by atoms with van der Waals surface area (Å²) in [4.78, 5) is 17.9. The molecule has 26 heavy (non-hydrogen) atoms. The standard InChI is InChI=1S/C20H21N3O.C2H6/c1-13-8-9-17-16(12-13)15-10-11-23(20(24)21-2)19(18(15)22-17)14-6-4-3-5-7-14;1-2/h3-9,12,19,22H,10-11H2,1-2H3,(H,21,24);1-2H3. The Morgan fingerprint density at radius 1 is 1.15 bits per heavy atom. The number of aromatic amines is 1. The van der Waals surface area contributed by atoms with E-state index in [1.165, 1.54) is 16.5 Å². The molecule has 4 heteroatoms. The van der Waals surface area contributed by atoms with Crippen LogP contribution in [0.3, 0.4) is 0 Å². The van der Waals surface area contributed by atoms with Crippen LogP contribution in [0.25, 0.3) is 10.9 Å². The van der Waals surface area contributed by atoms with Crippen LogP contribution in [0.5, 0.6) is 0 Å². The van der Waals surface area contributed by atoms with Crippen molar-refractivity contribution in [2.24, 2.45) is 0 Å². The number of aryl methyl sites for hydroxylation is 1. The maximum atomic E-state index is 12.4. The number of amides is 2. The van der Waals surface area contributed by atoms with Crippen molar-refractivity contribution in [3.63, 3.8) is 0 Å². The Kier molecular flexibility index (Phi) is 5.31. The Labute approximate surface area is 155 Å². The predicted molar refractivity (Wildman–Crippen MR) is 108 cm³/mol. The molecule has 0 spiro atoms. The largest absolute Gasteiger partial charge is 0.356 e. The smallest absolute Gasteiger partial charge is 0.317 e. The van der Waals surface area contributed by atoms with Gasteiger partial charge in [-0.3, -0.25) is 0 Å². The molecule has 1 unspecified atom stereocenters. The van der Waals surface area contributed by atoms with Crippen molar-refractivity contribution in [2.45, 2.75) is 33.2 Å². The fourth-order valence-corrected chi connectivity index (χ4v) is 3.75. The van der Waals surface area contributed by atoms with Crippen LogP contribution in [-0.2, 0) is 6.42 Å². The van der Waals surface area contributed by atoms with Gasteiger partial charge in [-0.2, -0.15) is 0 Å². The number of nitrogens with zero attached hydrogens (tertiary/aromatic N) is 1. The minimum atomic E-state index is -0.0809. The van der Waals surface area contributed by atoms with Gasteiger partial charge >= 0.3 is 6.03 Å². The Morgan fingerprint density at radius 3 is 2.58 bits per heavy atom. The lowest BCUT2D eigenvalue weighted by Crippen LogP contribution is -2.44. The first-order valence-corrected chi connectivity index (χ1v) is 9.33. The molecule has 136 valence electrons. The average molecular weight is 349 g/mol. The molecule has 0 fully saturated rings. The Bertz CT molecular complexity index is 898. The first-order valence-electron chi connectivity index (χ1n) is 9.33. The molecule has 2 heterocycles. The molecule has 0 saturated carbocycles. The van der Waals surface area contributed by atoms with E-state index >= 15 is 0 Å². The average Bonchev–Trinajstić information content (AvgIpc) is 3.06. The van der Waals surface area contributed by atoms with Crippen LogP contribution in [0, 0.1) is 6.92 Å². The van der Waals surface area contributed by atoms with Crippen LogP contribution in [0.1, 0.15) is 42.3 Å². The number of hydrogen-bond acceptors (Lipinski definition) is 1. The van der Waals surface area contributed by atoms with Crippen molar-refractivity contribution in [2.75, 3.05) is 13.6 Å². The summed E-state index contributed by atoms with van der Waals surface area (Å²) in [7, 11) is 1.69. The van der Waals surface area contributed by atoms with Crippen molar-refractivity contribution < 1.29 is 4.79 Å². The zero-order valence-electron chi connectivity index (χ0n) is 16.0. The van der Waals surface area contributed by atoms with Crippen molar-refractivity contribution in [3.05, 3.63) is 70.9 Å². The highest BCUT2D eigenvalue weighted by Crippen LogP contribution is 2.38. The number of aromatic nitrogens is 1. The maximum Gasteiger partial charge on any atom is 0.317 e. The maximum absolute atomic E-state index is 12.4. The van der Waals surface area contributed by atoms with E-state index in [0.29, 0.717) is 6.54 Å². The second-order valence-electron chi connectivity index (χ2n) is 6.38. The molecular weight excluding hydrogens is 322 g/mol. The van der Waals surface area contributed by atoms with Gasteiger partial charge in [-0.1, -0.05) is 55.8 Å². The third kappa shape index (κ3) is 3.07. The molecule has 2 amide bonds.